The fraction of sp³-hybridized carbons (Fsp3) is 0.440. The van der Waals surface area contributed by atoms with Crippen LogP contribution < -0.4 is 9.64 Å². The molecule has 0 aliphatic rings. The Morgan fingerprint density at radius 2 is 1.66 bits per heavy atom. The number of hydrogen-bond donors (Lipinski definition) is 3. The van der Waals surface area contributed by atoms with Gasteiger partial charge in [-0.05, 0) is 61.9 Å². The largest absolute Gasteiger partial charge is 0.489 e. The van der Waals surface area contributed by atoms with E-state index in [0.717, 1.165) is 37.1 Å². The first-order chi connectivity index (χ1) is 15.0. The maximum atomic E-state index is 11.1. The third kappa shape index (κ3) is 8.98. The Morgan fingerprint density at radius 3 is 2.31 bits per heavy atom. The van der Waals surface area contributed by atoms with E-state index in [0.29, 0.717) is 16.9 Å². The Kier molecular flexibility index (Phi) is 9.08. The highest BCUT2D eigenvalue weighted by atomic mass is 16.5. The molecule has 3 N–H and O–H groups in total. The van der Waals surface area contributed by atoms with Crippen molar-refractivity contribution in [3.8, 4) is 5.75 Å². The summed E-state index contributed by atoms with van der Waals surface area (Å²) in [6.45, 7) is 4.76. The molecule has 0 saturated carbocycles. The molecule has 0 atom stereocenters. The molecule has 0 aromatic heterocycles. The Hall–Kier alpha value is -3.06. The van der Waals surface area contributed by atoms with E-state index in [1.165, 1.54) is 0 Å². The molecule has 0 heterocycles. The second-order valence-corrected chi connectivity index (χ2v) is 8.72. The van der Waals surface area contributed by atoms with Crippen molar-refractivity contribution in [2.75, 3.05) is 18.5 Å². The molecular weight excluding hydrogens is 410 g/mol. The summed E-state index contributed by atoms with van der Waals surface area (Å²) in [6.07, 6.45) is 2.23. The number of benzene rings is 2. The van der Waals surface area contributed by atoms with E-state index in [4.69, 9.17) is 14.9 Å². The first-order valence-electron chi connectivity index (χ1n) is 10.7. The Bertz CT molecular complexity index is 919. The van der Waals surface area contributed by atoms with Gasteiger partial charge in [0.25, 0.3) is 0 Å². The second-order valence-electron chi connectivity index (χ2n) is 8.72. The molecule has 174 valence electrons. The Labute approximate surface area is 189 Å². The number of unbranched alkanes of at least 4 members (excludes halogenated alkanes) is 1. The maximum Gasteiger partial charge on any atom is 0.307 e. The molecule has 0 aliphatic carbocycles. The van der Waals surface area contributed by atoms with E-state index < -0.39 is 17.5 Å². The topological polar surface area (TPSA) is 107 Å². The third-order valence-corrected chi connectivity index (χ3v) is 5.15. The summed E-state index contributed by atoms with van der Waals surface area (Å²) < 4.78 is 5.91. The Morgan fingerprint density at radius 1 is 0.969 bits per heavy atom. The lowest BCUT2D eigenvalue weighted by Gasteiger charge is -2.21. The number of carboxylic acids is 2. The highest BCUT2D eigenvalue weighted by Crippen LogP contribution is 2.23. The summed E-state index contributed by atoms with van der Waals surface area (Å²) in [6, 6.07) is 12.9. The molecule has 2 aromatic rings. The molecule has 0 radical (unpaired) electrons. The normalized spacial score (nSPS) is 11.2. The van der Waals surface area contributed by atoms with Crippen LogP contribution in [0, 0.1) is 0 Å². The highest BCUT2D eigenvalue weighted by Gasteiger charge is 2.13. The van der Waals surface area contributed by atoms with Crippen LogP contribution in [0.2, 0.25) is 0 Å². The standard InChI is InChI=1S/C25H33NO6/c1-25(2,31)11-4-5-12-26(3)21-7-6-8-22(16-21)32-17-18-9-10-19(14-23(27)28)20(13-18)15-24(29)30/h6-10,13,16,31H,4-5,11-12,14-15,17H2,1-3H3,(H,27,28)(H,29,30). The number of hydrogen-bond acceptors (Lipinski definition) is 5. The van der Waals surface area contributed by atoms with Crippen LogP contribution in [0.5, 0.6) is 5.75 Å². The van der Waals surface area contributed by atoms with Crippen molar-refractivity contribution >= 4 is 17.6 Å². The van der Waals surface area contributed by atoms with Gasteiger partial charge < -0.3 is 25.0 Å². The van der Waals surface area contributed by atoms with Crippen molar-refractivity contribution in [2.24, 2.45) is 0 Å². The van der Waals surface area contributed by atoms with Crippen LogP contribution >= 0.6 is 0 Å². The monoisotopic (exact) mass is 443 g/mol. The van der Waals surface area contributed by atoms with Gasteiger partial charge in [-0.15, -0.1) is 0 Å². The summed E-state index contributed by atoms with van der Waals surface area (Å²) in [5.74, 6) is -1.31. The number of carboxylic acid groups (broad SMARTS) is 2. The van der Waals surface area contributed by atoms with E-state index in [1.807, 2.05) is 45.2 Å². The van der Waals surface area contributed by atoms with Crippen molar-refractivity contribution in [1.82, 2.24) is 0 Å². The van der Waals surface area contributed by atoms with E-state index in [-0.39, 0.29) is 19.4 Å². The number of rotatable bonds is 13. The average Bonchev–Trinajstić information content (AvgIpc) is 2.70. The number of carbonyl (C=O) groups is 2. The molecule has 0 unspecified atom stereocenters. The summed E-state index contributed by atoms with van der Waals surface area (Å²) in [7, 11) is 2.02. The van der Waals surface area contributed by atoms with Gasteiger partial charge in [0.15, 0.2) is 0 Å². The van der Waals surface area contributed by atoms with Crippen LogP contribution in [0.1, 0.15) is 49.8 Å². The fourth-order valence-corrected chi connectivity index (χ4v) is 3.44. The maximum absolute atomic E-state index is 11.1. The van der Waals surface area contributed by atoms with E-state index in [1.54, 1.807) is 18.2 Å². The fourth-order valence-electron chi connectivity index (χ4n) is 3.44. The summed E-state index contributed by atoms with van der Waals surface area (Å²) in [5, 5.41) is 28.0. The Balaban J connectivity index is 1.98. The molecule has 2 aromatic carbocycles. The van der Waals surface area contributed by atoms with Crippen molar-refractivity contribution < 1.29 is 29.6 Å². The van der Waals surface area contributed by atoms with E-state index in [9.17, 15) is 14.7 Å². The van der Waals surface area contributed by atoms with Gasteiger partial charge in [-0.3, -0.25) is 9.59 Å². The molecule has 0 aliphatic heterocycles. The van der Waals surface area contributed by atoms with Crippen LogP contribution in [-0.4, -0.2) is 46.5 Å². The minimum atomic E-state index is -1.01. The molecular formula is C25H33NO6. The van der Waals surface area contributed by atoms with Gasteiger partial charge >= 0.3 is 11.9 Å². The van der Waals surface area contributed by atoms with Crippen LogP contribution in [0.3, 0.4) is 0 Å². The summed E-state index contributed by atoms with van der Waals surface area (Å²) >= 11 is 0. The van der Waals surface area contributed by atoms with Crippen molar-refractivity contribution in [1.29, 1.82) is 0 Å². The lowest BCUT2D eigenvalue weighted by molar-refractivity contribution is -0.137. The van der Waals surface area contributed by atoms with Crippen LogP contribution in [0.4, 0.5) is 5.69 Å². The van der Waals surface area contributed by atoms with E-state index in [2.05, 4.69) is 4.90 Å². The smallest absolute Gasteiger partial charge is 0.307 e. The first kappa shape index (κ1) is 25.2. The summed E-state index contributed by atoms with van der Waals surface area (Å²) in [5.41, 5.74) is 2.15. The van der Waals surface area contributed by atoms with Crippen LogP contribution in [0.25, 0.3) is 0 Å². The van der Waals surface area contributed by atoms with Crippen LogP contribution in [0.15, 0.2) is 42.5 Å². The molecule has 0 amide bonds. The summed E-state index contributed by atoms with van der Waals surface area (Å²) in [4.78, 5) is 24.3. The molecule has 0 bridgehead atoms. The van der Waals surface area contributed by atoms with Crippen molar-refractivity contribution in [3.63, 3.8) is 0 Å². The van der Waals surface area contributed by atoms with Gasteiger partial charge in [-0.1, -0.05) is 24.3 Å². The van der Waals surface area contributed by atoms with Gasteiger partial charge in [0.1, 0.15) is 12.4 Å². The lowest BCUT2D eigenvalue weighted by atomic mass is 9.99. The zero-order chi connectivity index (χ0) is 23.7. The highest BCUT2D eigenvalue weighted by molar-refractivity contribution is 5.74. The molecule has 7 heteroatoms. The molecule has 32 heavy (non-hydrogen) atoms. The van der Waals surface area contributed by atoms with Crippen molar-refractivity contribution in [2.45, 2.75) is 58.2 Å². The zero-order valence-electron chi connectivity index (χ0n) is 19.0. The molecule has 0 fully saturated rings. The molecule has 0 spiro atoms. The number of aliphatic hydroxyl groups is 1. The van der Waals surface area contributed by atoms with E-state index >= 15 is 0 Å². The van der Waals surface area contributed by atoms with Gasteiger partial charge in [-0.2, -0.15) is 0 Å². The van der Waals surface area contributed by atoms with Gasteiger partial charge in [0.2, 0.25) is 0 Å². The molecule has 7 nitrogen and oxygen atoms in total. The quantitative estimate of drug-likeness (QED) is 0.403. The average molecular weight is 444 g/mol. The molecule has 2 rings (SSSR count). The second kappa shape index (κ2) is 11.5. The minimum Gasteiger partial charge on any atom is -0.489 e. The van der Waals surface area contributed by atoms with Gasteiger partial charge in [0, 0.05) is 25.3 Å². The lowest BCUT2D eigenvalue weighted by Crippen LogP contribution is -2.21. The third-order valence-electron chi connectivity index (χ3n) is 5.15. The zero-order valence-corrected chi connectivity index (χ0v) is 19.0. The van der Waals surface area contributed by atoms with Gasteiger partial charge in [-0.25, -0.2) is 0 Å². The first-order valence-corrected chi connectivity index (χ1v) is 10.7. The minimum absolute atomic E-state index is 0.214. The number of ether oxygens (including phenoxy) is 1. The number of anilines is 1. The SMILES string of the molecule is CN(CCCCC(C)(C)O)c1cccc(OCc2ccc(CC(=O)O)c(CC(=O)O)c2)c1. The van der Waals surface area contributed by atoms with Gasteiger partial charge in [0.05, 0.1) is 18.4 Å². The number of aliphatic carboxylic acids is 2. The predicted octanol–water partition coefficient (Wildman–Crippen LogP) is 3.90. The number of nitrogens with zero attached hydrogens (tertiary/aromatic N) is 1. The van der Waals surface area contributed by atoms with Crippen molar-refractivity contribution in [3.05, 3.63) is 59.2 Å². The van der Waals surface area contributed by atoms with Crippen LogP contribution in [-0.2, 0) is 29.0 Å². The molecule has 0 saturated heterocycles. The predicted molar refractivity (Wildman–Crippen MR) is 123 cm³/mol.